The first-order chi connectivity index (χ1) is 7.63. The largest absolute Gasteiger partial charge is 0.329 e. The molecular formula is C11H15FN2OS. The van der Waals surface area contributed by atoms with Crippen LogP contribution in [0.2, 0.25) is 0 Å². The van der Waals surface area contributed by atoms with Gasteiger partial charge in [-0.05, 0) is 12.1 Å². The highest BCUT2D eigenvalue weighted by Crippen LogP contribution is 2.14. The Hall–Kier alpha value is -1.07. The van der Waals surface area contributed by atoms with Gasteiger partial charge in [-0.25, -0.2) is 4.39 Å². The minimum absolute atomic E-state index is 0.213. The number of nitrogens with one attached hydrogen (secondary N) is 1. The summed E-state index contributed by atoms with van der Waals surface area (Å²) in [6, 6.07) is 6.10. The number of amides is 1. The highest BCUT2D eigenvalue weighted by atomic mass is 32.2. The van der Waals surface area contributed by atoms with Crippen molar-refractivity contribution in [3.8, 4) is 0 Å². The zero-order chi connectivity index (χ0) is 12.0. The number of hydrogen-bond donors (Lipinski definition) is 2. The normalized spacial score (nSPS) is 12.2. The van der Waals surface area contributed by atoms with Crippen molar-refractivity contribution in [3.63, 3.8) is 0 Å². The van der Waals surface area contributed by atoms with E-state index >= 15 is 0 Å². The molecule has 1 unspecified atom stereocenters. The number of nitrogens with two attached hydrogens (primary N) is 1. The molecule has 0 spiro atoms. The van der Waals surface area contributed by atoms with E-state index < -0.39 is 5.82 Å². The molecule has 0 aromatic heterocycles. The lowest BCUT2D eigenvalue weighted by Crippen LogP contribution is -2.19. The van der Waals surface area contributed by atoms with Crippen molar-refractivity contribution in [2.24, 2.45) is 5.73 Å². The third kappa shape index (κ3) is 4.20. The fraction of sp³-hybridized carbons (Fsp3) is 0.364. The van der Waals surface area contributed by atoms with Crippen LogP contribution in [0.5, 0.6) is 0 Å². The van der Waals surface area contributed by atoms with Crippen molar-refractivity contribution in [2.75, 3.05) is 17.6 Å². The van der Waals surface area contributed by atoms with Gasteiger partial charge in [0.2, 0.25) is 5.91 Å². The van der Waals surface area contributed by atoms with Crippen LogP contribution in [0.3, 0.4) is 0 Å². The maximum Gasteiger partial charge on any atom is 0.234 e. The van der Waals surface area contributed by atoms with Gasteiger partial charge >= 0.3 is 0 Å². The van der Waals surface area contributed by atoms with Gasteiger partial charge < -0.3 is 11.1 Å². The Labute approximate surface area is 98.6 Å². The first-order valence-electron chi connectivity index (χ1n) is 4.99. The number of hydrogen-bond acceptors (Lipinski definition) is 3. The van der Waals surface area contributed by atoms with Crippen LogP contribution in [0, 0.1) is 5.82 Å². The molecule has 0 heterocycles. The van der Waals surface area contributed by atoms with Crippen LogP contribution in [0.1, 0.15) is 6.92 Å². The van der Waals surface area contributed by atoms with Crippen LogP contribution in [-0.2, 0) is 4.79 Å². The van der Waals surface area contributed by atoms with Gasteiger partial charge in [0, 0.05) is 11.8 Å². The maximum atomic E-state index is 13.2. The first-order valence-corrected chi connectivity index (χ1v) is 6.04. The summed E-state index contributed by atoms with van der Waals surface area (Å²) in [5, 5.41) is 2.74. The SMILES string of the molecule is CC(CN)SCC(=O)Nc1ccccc1F. The highest BCUT2D eigenvalue weighted by molar-refractivity contribution is 8.00. The lowest BCUT2D eigenvalue weighted by Gasteiger charge is -2.09. The van der Waals surface area contributed by atoms with Gasteiger partial charge in [0.1, 0.15) is 5.82 Å². The van der Waals surface area contributed by atoms with Crippen molar-refractivity contribution in [1.82, 2.24) is 0 Å². The quantitative estimate of drug-likeness (QED) is 0.828. The van der Waals surface area contributed by atoms with Gasteiger partial charge in [0.05, 0.1) is 11.4 Å². The number of benzene rings is 1. The zero-order valence-corrected chi connectivity index (χ0v) is 9.89. The number of halogens is 1. The predicted octanol–water partition coefficient (Wildman–Crippen LogP) is 1.84. The zero-order valence-electron chi connectivity index (χ0n) is 9.07. The second kappa shape index (κ2) is 6.50. The molecule has 0 bridgehead atoms. The minimum Gasteiger partial charge on any atom is -0.329 e. The number of carbonyl (C=O) groups excluding carboxylic acids is 1. The van der Waals surface area contributed by atoms with E-state index in [2.05, 4.69) is 5.32 Å². The molecule has 1 aromatic carbocycles. The Bertz CT molecular complexity index is 360. The molecular weight excluding hydrogens is 227 g/mol. The van der Waals surface area contributed by atoms with Crippen molar-refractivity contribution < 1.29 is 9.18 Å². The number of para-hydroxylation sites is 1. The van der Waals surface area contributed by atoms with Crippen molar-refractivity contribution in [2.45, 2.75) is 12.2 Å². The van der Waals surface area contributed by atoms with Gasteiger partial charge in [0.25, 0.3) is 0 Å². The molecule has 5 heteroatoms. The molecule has 0 saturated carbocycles. The molecule has 3 nitrogen and oxygen atoms in total. The Morgan fingerprint density at radius 3 is 2.88 bits per heavy atom. The highest BCUT2D eigenvalue weighted by Gasteiger charge is 2.08. The van der Waals surface area contributed by atoms with Crippen LogP contribution in [-0.4, -0.2) is 23.5 Å². The summed E-state index contributed by atoms with van der Waals surface area (Å²) >= 11 is 1.45. The van der Waals surface area contributed by atoms with E-state index in [1.807, 2.05) is 6.92 Å². The summed E-state index contributed by atoms with van der Waals surface area (Å²) in [5.74, 6) is -0.352. The van der Waals surface area contributed by atoms with Crippen LogP contribution < -0.4 is 11.1 Å². The fourth-order valence-corrected chi connectivity index (χ4v) is 1.68. The maximum absolute atomic E-state index is 13.2. The number of carbonyl (C=O) groups is 1. The van der Waals surface area contributed by atoms with Crippen molar-refractivity contribution in [3.05, 3.63) is 30.1 Å². The Morgan fingerprint density at radius 1 is 1.56 bits per heavy atom. The molecule has 1 aromatic rings. The van der Waals surface area contributed by atoms with Gasteiger partial charge in [-0.2, -0.15) is 0 Å². The summed E-state index contributed by atoms with van der Waals surface area (Å²) < 4.78 is 13.2. The fourth-order valence-electron chi connectivity index (χ4n) is 1.03. The molecule has 1 amide bonds. The molecule has 88 valence electrons. The van der Waals surface area contributed by atoms with Gasteiger partial charge in [-0.3, -0.25) is 4.79 Å². The molecule has 0 radical (unpaired) electrons. The molecule has 1 rings (SSSR count). The molecule has 0 fully saturated rings. The monoisotopic (exact) mass is 242 g/mol. The van der Waals surface area contributed by atoms with Crippen LogP contribution in [0.25, 0.3) is 0 Å². The summed E-state index contributed by atoms with van der Waals surface area (Å²) in [6.07, 6.45) is 0. The average Bonchev–Trinajstić information content (AvgIpc) is 2.29. The van der Waals surface area contributed by atoms with Crippen LogP contribution in [0.4, 0.5) is 10.1 Å². The van der Waals surface area contributed by atoms with E-state index in [4.69, 9.17) is 5.73 Å². The van der Waals surface area contributed by atoms with E-state index in [0.717, 1.165) is 0 Å². The van der Waals surface area contributed by atoms with E-state index in [0.29, 0.717) is 6.54 Å². The lowest BCUT2D eigenvalue weighted by molar-refractivity contribution is -0.113. The van der Waals surface area contributed by atoms with E-state index in [1.165, 1.54) is 23.9 Å². The lowest BCUT2D eigenvalue weighted by atomic mass is 10.3. The van der Waals surface area contributed by atoms with Gasteiger partial charge in [0.15, 0.2) is 0 Å². The Kier molecular flexibility index (Phi) is 5.28. The number of anilines is 1. The standard InChI is InChI=1S/C11H15FN2OS/c1-8(6-13)16-7-11(15)14-10-5-3-2-4-9(10)12/h2-5,8H,6-7,13H2,1H3,(H,14,15). The third-order valence-electron chi connectivity index (χ3n) is 1.98. The summed E-state index contributed by atoms with van der Waals surface area (Å²) in [5.41, 5.74) is 5.64. The molecule has 0 aliphatic heterocycles. The molecule has 16 heavy (non-hydrogen) atoms. The van der Waals surface area contributed by atoms with E-state index in [9.17, 15) is 9.18 Å². The molecule has 0 aliphatic carbocycles. The van der Waals surface area contributed by atoms with E-state index in [1.54, 1.807) is 12.1 Å². The van der Waals surface area contributed by atoms with Crippen molar-refractivity contribution >= 4 is 23.4 Å². The Morgan fingerprint density at radius 2 is 2.25 bits per heavy atom. The number of rotatable bonds is 5. The summed E-state index contributed by atoms with van der Waals surface area (Å²) in [7, 11) is 0. The van der Waals surface area contributed by atoms with Gasteiger partial charge in [-0.15, -0.1) is 11.8 Å². The van der Waals surface area contributed by atoms with Crippen LogP contribution >= 0.6 is 11.8 Å². The number of thioether (sulfide) groups is 1. The molecule has 3 N–H and O–H groups in total. The predicted molar refractivity (Wildman–Crippen MR) is 66.0 cm³/mol. The van der Waals surface area contributed by atoms with Crippen LogP contribution in [0.15, 0.2) is 24.3 Å². The molecule has 1 atom stereocenters. The summed E-state index contributed by atoms with van der Waals surface area (Å²) in [6.45, 7) is 2.47. The Balaban J connectivity index is 2.43. The van der Waals surface area contributed by atoms with E-state index in [-0.39, 0.29) is 22.6 Å². The summed E-state index contributed by atoms with van der Waals surface area (Å²) in [4.78, 5) is 11.4. The molecule has 0 saturated heterocycles. The first kappa shape index (κ1) is 13.0. The second-order valence-corrected chi connectivity index (χ2v) is 4.81. The van der Waals surface area contributed by atoms with Gasteiger partial charge in [-0.1, -0.05) is 19.1 Å². The molecule has 0 aliphatic rings. The van der Waals surface area contributed by atoms with Crippen molar-refractivity contribution in [1.29, 1.82) is 0 Å². The minimum atomic E-state index is -0.423. The topological polar surface area (TPSA) is 55.1 Å². The smallest absolute Gasteiger partial charge is 0.234 e. The second-order valence-electron chi connectivity index (χ2n) is 3.39. The third-order valence-corrected chi connectivity index (χ3v) is 3.17. The average molecular weight is 242 g/mol.